The summed E-state index contributed by atoms with van der Waals surface area (Å²) in [6.07, 6.45) is 1.06. The number of hydrogen-bond acceptors (Lipinski definition) is 3. The Morgan fingerprint density at radius 3 is 2.77 bits per heavy atom. The average molecular weight is 362 g/mol. The highest BCUT2D eigenvalue weighted by Crippen LogP contribution is 2.36. The van der Waals surface area contributed by atoms with Crippen LogP contribution in [0.15, 0.2) is 28.7 Å². The minimum Gasteiger partial charge on any atom is -0.457 e. The summed E-state index contributed by atoms with van der Waals surface area (Å²) in [4.78, 5) is 0. The molecule has 1 aliphatic heterocycles. The molecule has 1 aliphatic rings. The van der Waals surface area contributed by atoms with Gasteiger partial charge in [-0.25, -0.2) is 0 Å². The smallest absolute Gasteiger partial charge is 0.130 e. The summed E-state index contributed by atoms with van der Waals surface area (Å²) in [6, 6.07) is 8.28. The Hall–Kier alpha value is -1.52. The van der Waals surface area contributed by atoms with E-state index in [2.05, 4.69) is 47.2 Å². The summed E-state index contributed by atoms with van der Waals surface area (Å²) in [6.45, 7) is 5.76. The fourth-order valence-electron chi connectivity index (χ4n) is 2.85. The number of ether oxygens (including phenoxy) is 2. The number of nitrogens with one attached hydrogen (secondary N) is 1. The van der Waals surface area contributed by atoms with Gasteiger partial charge in [-0.2, -0.15) is 0 Å². The van der Waals surface area contributed by atoms with Crippen LogP contribution in [0.3, 0.4) is 0 Å². The van der Waals surface area contributed by atoms with Crippen molar-refractivity contribution in [3.8, 4) is 11.5 Å². The van der Waals surface area contributed by atoms with Gasteiger partial charge in [0.05, 0.1) is 6.61 Å². The predicted octanol–water partition coefficient (Wildman–Crippen LogP) is 4.97. The van der Waals surface area contributed by atoms with E-state index in [4.69, 9.17) is 9.47 Å². The van der Waals surface area contributed by atoms with Gasteiger partial charge in [0.2, 0.25) is 0 Å². The number of hydrogen-bond donors (Lipinski definition) is 1. The molecule has 1 heterocycles. The van der Waals surface area contributed by atoms with E-state index in [9.17, 15) is 0 Å². The van der Waals surface area contributed by atoms with Crippen LogP contribution in [0, 0.1) is 13.8 Å². The molecule has 0 saturated heterocycles. The molecule has 0 aliphatic carbocycles. The molecule has 0 radical (unpaired) electrons. The molecule has 2 aromatic rings. The van der Waals surface area contributed by atoms with Crippen molar-refractivity contribution in [1.29, 1.82) is 0 Å². The maximum atomic E-state index is 6.20. The van der Waals surface area contributed by atoms with E-state index in [0.717, 1.165) is 40.1 Å². The molecular weight excluding hydrogens is 342 g/mol. The number of methoxy groups -OCH3 is 1. The van der Waals surface area contributed by atoms with Gasteiger partial charge in [-0.15, -0.1) is 0 Å². The lowest BCUT2D eigenvalue weighted by Crippen LogP contribution is -1.96. The van der Waals surface area contributed by atoms with E-state index >= 15 is 0 Å². The molecular formula is C18H20BrNO2. The molecule has 0 bridgehead atoms. The number of fused-ring (bicyclic) bond motifs is 1. The Bertz CT molecular complexity index is 713. The first-order valence-electron chi connectivity index (χ1n) is 7.42. The number of anilines is 1. The highest BCUT2D eigenvalue weighted by molar-refractivity contribution is 9.10. The quantitative estimate of drug-likeness (QED) is 0.833. The van der Waals surface area contributed by atoms with E-state index in [1.54, 1.807) is 7.11 Å². The summed E-state index contributed by atoms with van der Waals surface area (Å²) in [5, 5.41) is 3.40. The molecule has 4 heteroatoms. The first-order chi connectivity index (χ1) is 10.6. The average Bonchev–Trinajstić information content (AvgIpc) is 2.96. The van der Waals surface area contributed by atoms with Crippen molar-refractivity contribution in [2.45, 2.75) is 26.9 Å². The van der Waals surface area contributed by atoms with Gasteiger partial charge >= 0.3 is 0 Å². The second-order valence-corrected chi connectivity index (χ2v) is 6.49. The Balaban J connectivity index is 1.95. The molecule has 2 aromatic carbocycles. The summed E-state index contributed by atoms with van der Waals surface area (Å²) in [5.74, 6) is 1.81. The molecule has 0 fully saturated rings. The summed E-state index contributed by atoms with van der Waals surface area (Å²) < 4.78 is 12.5. The molecule has 0 amide bonds. The Morgan fingerprint density at radius 1 is 1.18 bits per heavy atom. The van der Waals surface area contributed by atoms with Crippen molar-refractivity contribution in [2.75, 3.05) is 19.0 Å². The minimum absolute atomic E-state index is 0.560. The number of aryl methyl sites for hydroxylation is 1. The van der Waals surface area contributed by atoms with E-state index < -0.39 is 0 Å². The zero-order valence-electron chi connectivity index (χ0n) is 13.1. The van der Waals surface area contributed by atoms with Crippen molar-refractivity contribution in [2.24, 2.45) is 0 Å². The van der Waals surface area contributed by atoms with Crippen molar-refractivity contribution in [3.05, 3.63) is 51.0 Å². The van der Waals surface area contributed by atoms with Gasteiger partial charge < -0.3 is 14.8 Å². The van der Waals surface area contributed by atoms with Gasteiger partial charge in [-0.05, 0) is 66.8 Å². The maximum Gasteiger partial charge on any atom is 0.130 e. The Labute approximate surface area is 139 Å². The lowest BCUT2D eigenvalue weighted by molar-refractivity contribution is 0.184. The van der Waals surface area contributed by atoms with Gasteiger partial charge in [-0.3, -0.25) is 0 Å². The summed E-state index contributed by atoms with van der Waals surface area (Å²) in [5.41, 5.74) is 6.01. The minimum atomic E-state index is 0.560. The SMILES string of the molecule is COCc1cc(Oc2ccc3c(c2C)CCN3)c(C)cc1Br. The van der Waals surface area contributed by atoms with E-state index in [-0.39, 0.29) is 0 Å². The zero-order chi connectivity index (χ0) is 15.7. The van der Waals surface area contributed by atoms with Crippen molar-refractivity contribution >= 4 is 21.6 Å². The molecule has 1 N–H and O–H groups in total. The van der Waals surface area contributed by atoms with Crippen LogP contribution in [0.1, 0.15) is 22.3 Å². The van der Waals surface area contributed by atoms with Crippen LogP contribution in [-0.4, -0.2) is 13.7 Å². The topological polar surface area (TPSA) is 30.5 Å². The van der Waals surface area contributed by atoms with Crippen molar-refractivity contribution < 1.29 is 9.47 Å². The van der Waals surface area contributed by atoms with Gasteiger partial charge in [0.25, 0.3) is 0 Å². The number of halogens is 1. The van der Waals surface area contributed by atoms with Crippen LogP contribution >= 0.6 is 15.9 Å². The summed E-state index contributed by atoms with van der Waals surface area (Å²) >= 11 is 3.58. The van der Waals surface area contributed by atoms with Crippen LogP contribution < -0.4 is 10.1 Å². The third-order valence-corrected chi connectivity index (χ3v) is 4.84. The highest BCUT2D eigenvalue weighted by atomic mass is 79.9. The molecule has 0 saturated carbocycles. The van der Waals surface area contributed by atoms with Gasteiger partial charge in [0.15, 0.2) is 0 Å². The third kappa shape index (κ3) is 2.85. The Morgan fingerprint density at radius 2 is 2.00 bits per heavy atom. The largest absolute Gasteiger partial charge is 0.457 e. The van der Waals surface area contributed by atoms with Crippen LogP contribution in [0.4, 0.5) is 5.69 Å². The molecule has 0 aromatic heterocycles. The lowest BCUT2D eigenvalue weighted by Gasteiger charge is -2.15. The van der Waals surface area contributed by atoms with E-state index in [0.29, 0.717) is 6.61 Å². The standard InChI is InChI=1S/C18H20BrNO2/c1-11-8-15(19)13(10-21-3)9-18(11)22-17-5-4-16-14(12(17)2)6-7-20-16/h4-5,8-9,20H,6-7,10H2,1-3H3. The maximum absolute atomic E-state index is 6.20. The predicted molar refractivity (Wildman–Crippen MR) is 93.0 cm³/mol. The van der Waals surface area contributed by atoms with Crippen molar-refractivity contribution in [3.63, 3.8) is 0 Å². The first kappa shape index (κ1) is 15.4. The molecule has 22 heavy (non-hydrogen) atoms. The van der Waals surface area contributed by atoms with Gasteiger partial charge in [0.1, 0.15) is 11.5 Å². The normalized spacial score (nSPS) is 12.9. The molecule has 116 valence electrons. The van der Waals surface area contributed by atoms with Gasteiger partial charge in [-0.1, -0.05) is 15.9 Å². The molecule has 3 nitrogen and oxygen atoms in total. The molecule has 0 unspecified atom stereocenters. The van der Waals surface area contributed by atoms with Crippen LogP contribution in [-0.2, 0) is 17.8 Å². The number of benzene rings is 2. The first-order valence-corrected chi connectivity index (χ1v) is 8.21. The monoisotopic (exact) mass is 361 g/mol. The second-order valence-electron chi connectivity index (χ2n) is 5.64. The summed E-state index contributed by atoms with van der Waals surface area (Å²) in [7, 11) is 1.70. The van der Waals surface area contributed by atoms with Crippen LogP contribution in [0.2, 0.25) is 0 Å². The number of rotatable bonds is 4. The third-order valence-electron chi connectivity index (χ3n) is 4.10. The zero-order valence-corrected chi connectivity index (χ0v) is 14.7. The molecule has 0 atom stereocenters. The fourth-order valence-corrected chi connectivity index (χ4v) is 3.42. The van der Waals surface area contributed by atoms with Crippen LogP contribution in [0.25, 0.3) is 0 Å². The lowest BCUT2D eigenvalue weighted by atomic mass is 10.1. The fraction of sp³-hybridized carbons (Fsp3) is 0.333. The van der Waals surface area contributed by atoms with E-state index in [1.165, 1.54) is 16.8 Å². The second kappa shape index (κ2) is 6.31. The van der Waals surface area contributed by atoms with Gasteiger partial charge in [0, 0.05) is 23.8 Å². The van der Waals surface area contributed by atoms with Crippen molar-refractivity contribution in [1.82, 2.24) is 0 Å². The highest BCUT2D eigenvalue weighted by Gasteiger charge is 2.16. The van der Waals surface area contributed by atoms with Crippen LogP contribution in [0.5, 0.6) is 11.5 Å². The Kier molecular flexibility index (Phi) is 4.41. The molecule has 3 rings (SSSR count). The van der Waals surface area contributed by atoms with E-state index in [1.807, 2.05) is 12.1 Å². The molecule has 0 spiro atoms.